The summed E-state index contributed by atoms with van der Waals surface area (Å²) in [6.07, 6.45) is 0. The fourth-order valence-electron chi connectivity index (χ4n) is 3.43. The van der Waals surface area contributed by atoms with E-state index in [-0.39, 0.29) is 11.2 Å². The number of anilines is 1. The average molecular weight is 425 g/mol. The molecule has 1 heterocycles. The summed E-state index contributed by atoms with van der Waals surface area (Å²) in [5.41, 5.74) is 5.16. The highest BCUT2D eigenvalue weighted by atomic mass is 32.2. The van der Waals surface area contributed by atoms with Gasteiger partial charge in [-0.25, -0.2) is 0 Å². The van der Waals surface area contributed by atoms with Crippen LogP contribution in [-0.4, -0.2) is 33.0 Å². The van der Waals surface area contributed by atoms with Crippen LogP contribution in [0.3, 0.4) is 0 Å². The monoisotopic (exact) mass is 424 g/mol. The molecule has 0 aliphatic rings. The van der Waals surface area contributed by atoms with Crippen molar-refractivity contribution in [3.63, 3.8) is 0 Å². The summed E-state index contributed by atoms with van der Waals surface area (Å²) in [4.78, 5) is 12.8. The van der Waals surface area contributed by atoms with Gasteiger partial charge in [-0.1, -0.05) is 29.5 Å². The molecule has 0 spiro atoms. The lowest BCUT2D eigenvalue weighted by molar-refractivity contribution is -0.115. The number of hydrogen-bond acceptors (Lipinski definition) is 5. The number of carbonyl (C=O) groups is 1. The molecule has 3 aromatic rings. The van der Waals surface area contributed by atoms with Gasteiger partial charge in [0, 0.05) is 17.8 Å². The molecule has 0 aliphatic heterocycles. The van der Waals surface area contributed by atoms with E-state index in [1.54, 1.807) is 7.11 Å². The number of methoxy groups -OCH3 is 1. The van der Waals surface area contributed by atoms with Gasteiger partial charge in [0.2, 0.25) is 5.91 Å². The van der Waals surface area contributed by atoms with Gasteiger partial charge in [0.15, 0.2) is 11.0 Å². The van der Waals surface area contributed by atoms with Crippen molar-refractivity contribution in [3.8, 4) is 17.1 Å². The Morgan fingerprint density at radius 2 is 1.77 bits per heavy atom. The fourth-order valence-corrected chi connectivity index (χ4v) is 4.34. The molecule has 158 valence electrons. The first-order chi connectivity index (χ1) is 14.3. The van der Waals surface area contributed by atoms with E-state index >= 15 is 0 Å². The summed E-state index contributed by atoms with van der Waals surface area (Å²) in [5.74, 6) is 1.52. The number of hydrogen-bond donors (Lipinski definition) is 1. The Labute approximate surface area is 182 Å². The minimum absolute atomic E-state index is 0.0493. The van der Waals surface area contributed by atoms with Crippen LogP contribution in [0.15, 0.2) is 41.6 Å². The van der Waals surface area contributed by atoms with Crippen LogP contribution < -0.4 is 10.1 Å². The number of rotatable bonds is 7. The molecule has 30 heavy (non-hydrogen) atoms. The third kappa shape index (κ3) is 4.67. The molecule has 0 bridgehead atoms. The maximum atomic E-state index is 12.8. The summed E-state index contributed by atoms with van der Waals surface area (Å²) >= 11 is 1.41. The van der Waals surface area contributed by atoms with Crippen molar-refractivity contribution in [1.82, 2.24) is 14.8 Å². The predicted octanol–water partition coefficient (Wildman–Crippen LogP) is 5.02. The normalized spacial score (nSPS) is 11.9. The zero-order valence-corrected chi connectivity index (χ0v) is 19.1. The molecule has 7 heteroatoms. The van der Waals surface area contributed by atoms with Crippen LogP contribution in [0.2, 0.25) is 0 Å². The minimum atomic E-state index is -0.316. The Kier molecular flexibility index (Phi) is 6.82. The largest absolute Gasteiger partial charge is 0.497 e. The molecule has 0 saturated heterocycles. The lowest BCUT2D eigenvalue weighted by Crippen LogP contribution is -2.24. The SMILES string of the molecule is CCn1c(S[C@@H](C)C(=O)Nc2c(C)cc(C)cc2C)nnc1-c1ccc(OC)cc1. The highest BCUT2D eigenvalue weighted by molar-refractivity contribution is 8.00. The van der Waals surface area contributed by atoms with Crippen molar-refractivity contribution in [2.24, 2.45) is 0 Å². The fraction of sp³-hybridized carbons (Fsp3) is 0.348. The van der Waals surface area contributed by atoms with Gasteiger partial charge in [-0.05, 0) is 70.0 Å². The van der Waals surface area contributed by atoms with E-state index in [4.69, 9.17) is 4.74 Å². The van der Waals surface area contributed by atoms with Gasteiger partial charge in [0.1, 0.15) is 5.75 Å². The Hall–Kier alpha value is -2.80. The van der Waals surface area contributed by atoms with Gasteiger partial charge in [0.25, 0.3) is 0 Å². The van der Waals surface area contributed by atoms with E-state index in [0.717, 1.165) is 39.1 Å². The second-order valence-electron chi connectivity index (χ2n) is 7.30. The van der Waals surface area contributed by atoms with Gasteiger partial charge in [-0.3, -0.25) is 4.79 Å². The van der Waals surface area contributed by atoms with Crippen LogP contribution >= 0.6 is 11.8 Å². The van der Waals surface area contributed by atoms with Crippen LogP contribution in [-0.2, 0) is 11.3 Å². The number of aromatic nitrogens is 3. The highest BCUT2D eigenvalue weighted by Gasteiger charge is 2.21. The number of aryl methyl sites for hydroxylation is 3. The van der Waals surface area contributed by atoms with Gasteiger partial charge in [-0.2, -0.15) is 0 Å². The quantitative estimate of drug-likeness (QED) is 0.540. The molecule has 0 unspecified atom stereocenters. The zero-order chi connectivity index (χ0) is 21.8. The topological polar surface area (TPSA) is 69.0 Å². The van der Waals surface area contributed by atoms with Crippen molar-refractivity contribution >= 4 is 23.4 Å². The molecule has 1 amide bonds. The third-order valence-electron chi connectivity index (χ3n) is 4.96. The van der Waals surface area contributed by atoms with Crippen LogP contribution in [0.25, 0.3) is 11.4 Å². The molecule has 0 fully saturated rings. The van der Waals surface area contributed by atoms with Crippen LogP contribution in [0.1, 0.15) is 30.5 Å². The van der Waals surface area contributed by atoms with Crippen LogP contribution in [0.4, 0.5) is 5.69 Å². The number of benzene rings is 2. The molecule has 0 saturated carbocycles. The molecular formula is C23H28N4O2S. The van der Waals surface area contributed by atoms with E-state index < -0.39 is 0 Å². The van der Waals surface area contributed by atoms with Crippen molar-refractivity contribution in [2.45, 2.75) is 51.6 Å². The number of carbonyl (C=O) groups excluding carboxylic acids is 1. The molecule has 6 nitrogen and oxygen atoms in total. The molecule has 3 rings (SSSR count). The lowest BCUT2D eigenvalue weighted by Gasteiger charge is -2.16. The molecule has 0 radical (unpaired) electrons. The molecule has 1 aromatic heterocycles. The first-order valence-corrected chi connectivity index (χ1v) is 10.8. The van der Waals surface area contributed by atoms with Gasteiger partial charge >= 0.3 is 0 Å². The minimum Gasteiger partial charge on any atom is -0.497 e. The maximum absolute atomic E-state index is 12.8. The van der Waals surface area contributed by atoms with Gasteiger partial charge in [-0.15, -0.1) is 10.2 Å². The molecule has 1 atom stereocenters. The second kappa shape index (κ2) is 9.34. The van der Waals surface area contributed by atoms with Crippen LogP contribution in [0, 0.1) is 20.8 Å². The Morgan fingerprint density at radius 3 is 2.33 bits per heavy atom. The van der Waals surface area contributed by atoms with E-state index in [0.29, 0.717) is 6.54 Å². The third-order valence-corrected chi connectivity index (χ3v) is 6.04. The number of nitrogens with one attached hydrogen (secondary N) is 1. The summed E-state index contributed by atoms with van der Waals surface area (Å²) in [6.45, 7) is 10.7. The first-order valence-electron chi connectivity index (χ1n) is 9.97. The number of ether oxygens (including phenoxy) is 1. The molecule has 2 aromatic carbocycles. The zero-order valence-electron chi connectivity index (χ0n) is 18.3. The first kappa shape index (κ1) is 21.9. The van der Waals surface area contributed by atoms with Gasteiger partial charge < -0.3 is 14.6 Å². The summed E-state index contributed by atoms with van der Waals surface area (Å²) in [6, 6.07) is 11.9. The standard InChI is InChI=1S/C23H28N4O2S/c1-7-27-21(18-8-10-19(29-6)11-9-18)25-26-23(27)30-17(5)22(28)24-20-15(3)12-14(2)13-16(20)4/h8-13,17H,7H2,1-6H3,(H,24,28)/t17-/m0/s1. The Morgan fingerprint density at radius 1 is 1.13 bits per heavy atom. The van der Waals surface area contributed by atoms with Crippen molar-refractivity contribution in [1.29, 1.82) is 0 Å². The second-order valence-corrected chi connectivity index (χ2v) is 8.61. The number of amides is 1. The number of thioether (sulfide) groups is 1. The van der Waals surface area contributed by atoms with Crippen molar-refractivity contribution in [3.05, 3.63) is 53.1 Å². The van der Waals surface area contributed by atoms with E-state index in [1.165, 1.54) is 17.3 Å². The number of nitrogens with zero attached hydrogens (tertiary/aromatic N) is 3. The molecule has 0 aliphatic carbocycles. The predicted molar refractivity (Wildman–Crippen MR) is 122 cm³/mol. The molecule has 1 N–H and O–H groups in total. The van der Waals surface area contributed by atoms with Crippen molar-refractivity contribution in [2.75, 3.05) is 12.4 Å². The average Bonchev–Trinajstić information content (AvgIpc) is 3.12. The Bertz CT molecular complexity index is 1020. The summed E-state index contributed by atoms with van der Waals surface area (Å²) in [5, 5.41) is 12.2. The van der Waals surface area contributed by atoms with E-state index in [1.807, 2.05) is 56.5 Å². The van der Waals surface area contributed by atoms with Crippen molar-refractivity contribution < 1.29 is 9.53 Å². The van der Waals surface area contributed by atoms with E-state index in [2.05, 4.69) is 34.6 Å². The van der Waals surface area contributed by atoms with E-state index in [9.17, 15) is 4.79 Å². The van der Waals surface area contributed by atoms with Gasteiger partial charge in [0.05, 0.1) is 12.4 Å². The Balaban J connectivity index is 1.77. The highest BCUT2D eigenvalue weighted by Crippen LogP contribution is 2.29. The maximum Gasteiger partial charge on any atom is 0.237 e. The summed E-state index contributed by atoms with van der Waals surface area (Å²) < 4.78 is 7.25. The molecular weight excluding hydrogens is 396 g/mol. The lowest BCUT2D eigenvalue weighted by atomic mass is 10.1. The summed E-state index contributed by atoms with van der Waals surface area (Å²) in [7, 11) is 1.64. The van der Waals surface area contributed by atoms with Crippen LogP contribution in [0.5, 0.6) is 5.75 Å². The smallest absolute Gasteiger partial charge is 0.237 e.